The van der Waals surface area contributed by atoms with Crippen molar-refractivity contribution in [1.82, 2.24) is 14.8 Å². The van der Waals surface area contributed by atoms with Crippen LogP contribution >= 0.6 is 11.8 Å². The van der Waals surface area contributed by atoms with Crippen molar-refractivity contribution in [2.24, 2.45) is 12.8 Å². The standard InChI is InChI=1S/C7H12N4O2S/c1-11-5(3-8)9-10-7(11)14-4-6(12)13-2/h3-4,8H2,1-2H3. The summed E-state index contributed by atoms with van der Waals surface area (Å²) in [5.41, 5.74) is 5.42. The molecular formula is C7H12N4O2S. The van der Waals surface area contributed by atoms with Crippen LogP contribution in [0, 0.1) is 0 Å². The fourth-order valence-corrected chi connectivity index (χ4v) is 1.59. The van der Waals surface area contributed by atoms with E-state index in [1.807, 2.05) is 7.05 Å². The minimum absolute atomic E-state index is 0.229. The molecule has 0 spiro atoms. The fraction of sp³-hybridized carbons (Fsp3) is 0.571. The molecule has 0 unspecified atom stereocenters. The lowest BCUT2D eigenvalue weighted by Gasteiger charge is -2.00. The van der Waals surface area contributed by atoms with Crippen LogP contribution in [0.25, 0.3) is 0 Å². The van der Waals surface area contributed by atoms with Gasteiger partial charge in [0.1, 0.15) is 5.82 Å². The first-order valence-electron chi connectivity index (χ1n) is 3.97. The molecule has 0 aromatic carbocycles. The summed E-state index contributed by atoms with van der Waals surface area (Å²) in [5, 5.41) is 8.40. The molecule has 7 heteroatoms. The van der Waals surface area contributed by atoms with E-state index in [2.05, 4.69) is 14.9 Å². The van der Waals surface area contributed by atoms with Crippen LogP contribution in [0.3, 0.4) is 0 Å². The number of nitrogens with two attached hydrogens (primary N) is 1. The van der Waals surface area contributed by atoms with Crippen molar-refractivity contribution >= 4 is 17.7 Å². The summed E-state index contributed by atoms with van der Waals surface area (Å²) in [6.07, 6.45) is 0. The molecular weight excluding hydrogens is 204 g/mol. The van der Waals surface area contributed by atoms with Crippen molar-refractivity contribution in [3.63, 3.8) is 0 Å². The number of rotatable bonds is 4. The third kappa shape index (κ3) is 2.46. The number of hydrogen-bond donors (Lipinski definition) is 1. The number of esters is 1. The molecule has 0 atom stereocenters. The van der Waals surface area contributed by atoms with Crippen LogP contribution in [-0.2, 0) is 23.1 Å². The number of aromatic nitrogens is 3. The second-order valence-corrected chi connectivity index (χ2v) is 3.47. The highest BCUT2D eigenvalue weighted by atomic mass is 32.2. The van der Waals surface area contributed by atoms with E-state index in [9.17, 15) is 4.79 Å². The summed E-state index contributed by atoms with van der Waals surface area (Å²) in [6.45, 7) is 0.336. The zero-order valence-corrected chi connectivity index (χ0v) is 8.87. The Bertz CT molecular complexity index is 325. The first kappa shape index (κ1) is 11.0. The topological polar surface area (TPSA) is 83.0 Å². The Labute approximate surface area is 85.8 Å². The summed E-state index contributed by atoms with van der Waals surface area (Å²) >= 11 is 1.28. The Morgan fingerprint density at radius 1 is 1.64 bits per heavy atom. The van der Waals surface area contributed by atoms with E-state index < -0.39 is 0 Å². The minimum atomic E-state index is -0.285. The Hall–Kier alpha value is -1.08. The summed E-state index contributed by atoms with van der Waals surface area (Å²) in [5.74, 6) is 0.636. The molecule has 1 heterocycles. The van der Waals surface area contributed by atoms with Gasteiger partial charge in [-0.25, -0.2) is 0 Å². The minimum Gasteiger partial charge on any atom is -0.468 e. The van der Waals surface area contributed by atoms with Gasteiger partial charge in [-0.15, -0.1) is 10.2 Å². The molecule has 6 nitrogen and oxygen atoms in total. The van der Waals surface area contributed by atoms with E-state index in [-0.39, 0.29) is 11.7 Å². The molecule has 0 aliphatic heterocycles. The number of ether oxygens (including phenoxy) is 1. The van der Waals surface area contributed by atoms with Crippen molar-refractivity contribution in [3.05, 3.63) is 5.82 Å². The molecule has 0 aliphatic rings. The summed E-state index contributed by atoms with van der Waals surface area (Å²) in [7, 11) is 3.16. The molecule has 0 saturated heterocycles. The summed E-state index contributed by atoms with van der Waals surface area (Å²) < 4.78 is 6.26. The molecule has 2 N–H and O–H groups in total. The average Bonchev–Trinajstić information content (AvgIpc) is 2.56. The van der Waals surface area contributed by atoms with Gasteiger partial charge in [0.15, 0.2) is 5.16 Å². The van der Waals surface area contributed by atoms with Crippen LogP contribution in [0.2, 0.25) is 0 Å². The maximum Gasteiger partial charge on any atom is 0.316 e. The predicted octanol–water partition coefficient (Wildman–Crippen LogP) is -0.461. The van der Waals surface area contributed by atoms with Crippen molar-refractivity contribution in [2.45, 2.75) is 11.7 Å². The maximum atomic E-state index is 10.8. The average molecular weight is 216 g/mol. The van der Waals surface area contributed by atoms with Crippen LogP contribution in [0.1, 0.15) is 5.82 Å². The van der Waals surface area contributed by atoms with E-state index in [0.717, 1.165) is 0 Å². The van der Waals surface area contributed by atoms with Gasteiger partial charge in [0, 0.05) is 7.05 Å². The third-order valence-electron chi connectivity index (χ3n) is 1.65. The molecule has 1 aromatic heterocycles. The molecule has 14 heavy (non-hydrogen) atoms. The fourth-order valence-electron chi connectivity index (χ4n) is 0.831. The van der Waals surface area contributed by atoms with E-state index >= 15 is 0 Å². The van der Waals surface area contributed by atoms with E-state index in [1.54, 1.807) is 4.57 Å². The molecule has 0 saturated carbocycles. The normalized spacial score (nSPS) is 10.2. The Kier molecular flexibility index (Phi) is 3.90. The smallest absolute Gasteiger partial charge is 0.316 e. The van der Waals surface area contributed by atoms with Gasteiger partial charge in [-0.3, -0.25) is 4.79 Å². The number of nitrogens with zero attached hydrogens (tertiary/aromatic N) is 3. The highest BCUT2D eigenvalue weighted by Crippen LogP contribution is 2.15. The number of thioether (sulfide) groups is 1. The van der Waals surface area contributed by atoms with Gasteiger partial charge in [0.25, 0.3) is 0 Å². The van der Waals surface area contributed by atoms with E-state index in [1.165, 1.54) is 18.9 Å². The van der Waals surface area contributed by atoms with Gasteiger partial charge in [-0.05, 0) is 0 Å². The number of hydrogen-bond acceptors (Lipinski definition) is 6. The number of carbonyl (C=O) groups is 1. The predicted molar refractivity (Wildman–Crippen MR) is 51.6 cm³/mol. The van der Waals surface area contributed by atoms with Gasteiger partial charge in [-0.2, -0.15) is 0 Å². The van der Waals surface area contributed by atoms with Gasteiger partial charge in [-0.1, -0.05) is 11.8 Å². The highest BCUT2D eigenvalue weighted by Gasteiger charge is 2.09. The lowest BCUT2D eigenvalue weighted by atomic mass is 10.6. The number of carbonyl (C=O) groups excluding carboxylic acids is 1. The molecule has 0 amide bonds. The first-order valence-corrected chi connectivity index (χ1v) is 4.95. The Morgan fingerprint density at radius 2 is 2.36 bits per heavy atom. The molecule has 0 radical (unpaired) electrons. The molecule has 1 rings (SSSR count). The second kappa shape index (κ2) is 4.97. The lowest BCUT2D eigenvalue weighted by Crippen LogP contribution is -2.07. The first-order chi connectivity index (χ1) is 6.69. The van der Waals surface area contributed by atoms with Crippen LogP contribution in [0.5, 0.6) is 0 Å². The van der Waals surface area contributed by atoms with Gasteiger partial charge >= 0.3 is 5.97 Å². The maximum absolute atomic E-state index is 10.8. The third-order valence-corrected chi connectivity index (χ3v) is 2.65. The Balaban J connectivity index is 2.59. The van der Waals surface area contributed by atoms with Crippen LogP contribution < -0.4 is 5.73 Å². The molecule has 0 bridgehead atoms. The largest absolute Gasteiger partial charge is 0.468 e. The van der Waals surface area contributed by atoms with E-state index in [4.69, 9.17) is 5.73 Å². The highest BCUT2D eigenvalue weighted by molar-refractivity contribution is 7.99. The molecule has 1 aromatic rings. The molecule has 78 valence electrons. The van der Waals surface area contributed by atoms with Gasteiger partial charge in [0.2, 0.25) is 0 Å². The molecule has 0 aliphatic carbocycles. The number of methoxy groups -OCH3 is 1. The second-order valence-electron chi connectivity index (χ2n) is 2.53. The van der Waals surface area contributed by atoms with E-state index in [0.29, 0.717) is 17.5 Å². The lowest BCUT2D eigenvalue weighted by molar-refractivity contribution is -0.137. The van der Waals surface area contributed by atoms with Crippen molar-refractivity contribution in [3.8, 4) is 0 Å². The molecule has 0 fully saturated rings. The zero-order valence-electron chi connectivity index (χ0n) is 8.06. The van der Waals surface area contributed by atoms with Crippen LogP contribution in [0.4, 0.5) is 0 Å². The Morgan fingerprint density at radius 3 is 2.86 bits per heavy atom. The van der Waals surface area contributed by atoms with Crippen LogP contribution in [-0.4, -0.2) is 33.6 Å². The zero-order chi connectivity index (χ0) is 10.6. The van der Waals surface area contributed by atoms with Crippen molar-refractivity contribution < 1.29 is 9.53 Å². The van der Waals surface area contributed by atoms with Gasteiger partial charge < -0.3 is 15.0 Å². The van der Waals surface area contributed by atoms with Crippen molar-refractivity contribution in [1.29, 1.82) is 0 Å². The quantitative estimate of drug-likeness (QED) is 0.541. The van der Waals surface area contributed by atoms with Crippen molar-refractivity contribution in [2.75, 3.05) is 12.9 Å². The summed E-state index contributed by atoms with van der Waals surface area (Å²) in [6, 6.07) is 0. The van der Waals surface area contributed by atoms with Gasteiger partial charge in [0.05, 0.1) is 19.4 Å². The summed E-state index contributed by atoms with van der Waals surface area (Å²) in [4.78, 5) is 10.8. The SMILES string of the molecule is COC(=O)CSc1nnc(CN)n1C. The van der Waals surface area contributed by atoms with Crippen LogP contribution in [0.15, 0.2) is 5.16 Å². The monoisotopic (exact) mass is 216 g/mol.